The van der Waals surface area contributed by atoms with Crippen molar-refractivity contribution in [1.82, 2.24) is 0 Å². The molecular formula is C42H72O15. The van der Waals surface area contributed by atoms with Crippen molar-refractivity contribution in [3.63, 3.8) is 0 Å². The van der Waals surface area contributed by atoms with Crippen LogP contribution in [0.15, 0.2) is 11.6 Å². The molecule has 4 aliphatic carbocycles. The van der Waals surface area contributed by atoms with Gasteiger partial charge in [0.25, 0.3) is 0 Å². The lowest BCUT2D eigenvalue weighted by molar-refractivity contribution is -0.340. The molecule has 6 aliphatic rings. The van der Waals surface area contributed by atoms with E-state index >= 15 is 0 Å². The Hall–Kier alpha value is -0.860. The van der Waals surface area contributed by atoms with Crippen LogP contribution in [0.3, 0.4) is 0 Å². The molecule has 0 aromatic heterocycles. The number of ether oxygens (including phenoxy) is 4. The van der Waals surface area contributed by atoms with Crippen LogP contribution in [0.1, 0.15) is 100 Å². The van der Waals surface area contributed by atoms with Crippen molar-refractivity contribution in [3.05, 3.63) is 11.6 Å². The molecule has 0 aromatic rings. The molecule has 3 saturated carbocycles. The number of fused-ring (bicyclic) bond motifs is 5. The van der Waals surface area contributed by atoms with Crippen molar-refractivity contribution in [1.29, 1.82) is 0 Å². The fourth-order valence-electron chi connectivity index (χ4n) is 12.7. The standard InChI is InChI=1S/C42H72O15/c1-19(27(44)32(49)35(52)39(4,5)53)20-13-14-42(8)25-11-9-21-22(40(25,6)15-16-41(20,42)7)10-12-26(38(21,2)3)57-37-34(51)31(48)29(46)24(56-37)18-54-36-33(50)30(47)28(45)23(17-43)55-36/h9,19-20,22-37,43-53H,10-18H2,1-8H3/t19-,20-,22+,23-,24-,25-,26+,27+,28-,29-,30+,31-,32+,33+,34+,35-,36-,37+,40+,41-,42-/m1/s1. The van der Waals surface area contributed by atoms with E-state index in [1.54, 1.807) is 0 Å². The van der Waals surface area contributed by atoms with Crippen molar-refractivity contribution in [2.45, 2.75) is 192 Å². The number of hydrogen-bond donors (Lipinski definition) is 11. The van der Waals surface area contributed by atoms with Crippen molar-refractivity contribution < 1.29 is 75.1 Å². The molecule has 0 aromatic carbocycles. The van der Waals surface area contributed by atoms with Gasteiger partial charge in [0, 0.05) is 5.41 Å². The van der Waals surface area contributed by atoms with E-state index < -0.39 is 110 Å². The summed E-state index contributed by atoms with van der Waals surface area (Å²) in [5.74, 6) is 0.434. The third-order valence-corrected chi connectivity index (χ3v) is 16.7. The first-order valence-electron chi connectivity index (χ1n) is 21.1. The van der Waals surface area contributed by atoms with Gasteiger partial charge in [-0.2, -0.15) is 0 Å². The van der Waals surface area contributed by atoms with Crippen molar-refractivity contribution in [2.75, 3.05) is 13.2 Å². The normalized spacial score (nSPS) is 49.5. The number of rotatable bonds is 11. The predicted octanol–water partition coefficient (Wildman–Crippen LogP) is 0.0906. The summed E-state index contributed by atoms with van der Waals surface area (Å²) >= 11 is 0. The highest BCUT2D eigenvalue weighted by atomic mass is 16.7. The largest absolute Gasteiger partial charge is 0.394 e. The second-order valence-corrected chi connectivity index (χ2v) is 20.4. The van der Waals surface area contributed by atoms with Crippen LogP contribution in [-0.4, -0.2) is 161 Å². The Balaban J connectivity index is 1.15. The zero-order chi connectivity index (χ0) is 42.4. The molecule has 11 N–H and O–H groups in total. The Labute approximate surface area is 336 Å². The lowest BCUT2D eigenvalue weighted by Crippen LogP contribution is -2.63. The maximum Gasteiger partial charge on any atom is 0.187 e. The van der Waals surface area contributed by atoms with E-state index in [0.29, 0.717) is 12.3 Å². The summed E-state index contributed by atoms with van der Waals surface area (Å²) in [6.07, 6.45) is -11.0. The molecule has 5 fully saturated rings. The highest BCUT2D eigenvalue weighted by molar-refractivity contribution is 5.30. The highest BCUT2D eigenvalue weighted by Gasteiger charge is 2.68. The Bertz CT molecular complexity index is 1440. The van der Waals surface area contributed by atoms with Gasteiger partial charge < -0.3 is 75.1 Å². The molecule has 0 bridgehead atoms. The summed E-state index contributed by atoms with van der Waals surface area (Å²) in [4.78, 5) is 0. The van der Waals surface area contributed by atoms with E-state index in [4.69, 9.17) is 18.9 Å². The van der Waals surface area contributed by atoms with Gasteiger partial charge in [0.2, 0.25) is 0 Å². The van der Waals surface area contributed by atoms with Crippen LogP contribution in [0.25, 0.3) is 0 Å². The zero-order valence-electron chi connectivity index (χ0n) is 34.9. The van der Waals surface area contributed by atoms with Crippen LogP contribution in [-0.2, 0) is 18.9 Å². The molecule has 2 saturated heterocycles. The Morgan fingerprint density at radius 1 is 0.754 bits per heavy atom. The lowest BCUT2D eigenvalue weighted by Gasteiger charge is -2.66. The van der Waals surface area contributed by atoms with E-state index in [2.05, 4.69) is 40.7 Å². The first-order chi connectivity index (χ1) is 26.4. The van der Waals surface area contributed by atoms with Crippen LogP contribution >= 0.6 is 0 Å². The second kappa shape index (κ2) is 16.1. The Kier molecular flexibility index (Phi) is 12.9. The maximum atomic E-state index is 11.4. The minimum Gasteiger partial charge on any atom is -0.394 e. The van der Waals surface area contributed by atoms with E-state index in [9.17, 15) is 56.2 Å². The van der Waals surface area contributed by atoms with Crippen molar-refractivity contribution in [3.8, 4) is 0 Å². The van der Waals surface area contributed by atoms with Gasteiger partial charge >= 0.3 is 0 Å². The molecule has 2 heterocycles. The zero-order valence-corrected chi connectivity index (χ0v) is 34.9. The lowest BCUT2D eigenvalue weighted by atomic mass is 9.39. The topological polar surface area (TPSA) is 259 Å². The number of hydrogen-bond acceptors (Lipinski definition) is 15. The predicted molar refractivity (Wildman–Crippen MR) is 204 cm³/mol. The van der Waals surface area contributed by atoms with Gasteiger partial charge in [-0.1, -0.05) is 53.2 Å². The average molecular weight is 817 g/mol. The second-order valence-electron chi connectivity index (χ2n) is 20.4. The minimum atomic E-state index is -1.67. The third-order valence-electron chi connectivity index (χ3n) is 16.7. The van der Waals surface area contributed by atoms with Gasteiger partial charge in [-0.25, -0.2) is 0 Å². The summed E-state index contributed by atoms with van der Waals surface area (Å²) in [6.45, 7) is 15.2. The summed E-state index contributed by atoms with van der Waals surface area (Å²) in [7, 11) is 0. The molecule has 21 atom stereocenters. The van der Waals surface area contributed by atoms with Crippen LogP contribution in [0, 0.1) is 45.3 Å². The average Bonchev–Trinajstić information content (AvgIpc) is 3.43. The van der Waals surface area contributed by atoms with Crippen LogP contribution in [0.2, 0.25) is 0 Å². The Morgan fingerprint density at radius 2 is 1.35 bits per heavy atom. The molecule has 15 nitrogen and oxygen atoms in total. The van der Waals surface area contributed by atoms with Crippen LogP contribution in [0.4, 0.5) is 0 Å². The van der Waals surface area contributed by atoms with E-state index in [0.717, 1.165) is 38.5 Å². The fraction of sp³-hybridized carbons (Fsp3) is 0.952. The minimum absolute atomic E-state index is 0.0258. The Morgan fingerprint density at radius 3 is 1.96 bits per heavy atom. The van der Waals surface area contributed by atoms with Gasteiger partial charge in [0.15, 0.2) is 12.6 Å². The number of aliphatic hydroxyl groups is 11. The summed E-state index contributed by atoms with van der Waals surface area (Å²) < 4.78 is 23.6. The fourth-order valence-corrected chi connectivity index (χ4v) is 12.7. The van der Waals surface area contributed by atoms with Crippen LogP contribution in [0.5, 0.6) is 0 Å². The van der Waals surface area contributed by atoms with Gasteiger partial charge in [-0.05, 0) is 98.7 Å². The van der Waals surface area contributed by atoms with Gasteiger partial charge in [0.05, 0.1) is 31.0 Å². The van der Waals surface area contributed by atoms with Crippen LogP contribution < -0.4 is 0 Å². The highest BCUT2D eigenvalue weighted by Crippen LogP contribution is 2.75. The SMILES string of the molecule is C[C@@H]([C@H](O)[C@H](O)[C@@H](O)C(C)(C)O)[C@H]1CC[C@]2(C)[C@@H]3CC=C4[C@H](CC[C@H](O[C@@H]5O[C@H](CO[C@@H]6O[C@H](CO)[C@@H](O)[C@H](O)[C@@H]6O)[C@@H](O)[C@@H](O)[C@@H]5O)C4(C)C)[C@]3(C)CC[C@]12C. The van der Waals surface area contributed by atoms with Crippen molar-refractivity contribution in [2.24, 2.45) is 45.3 Å². The first-order valence-corrected chi connectivity index (χ1v) is 21.1. The summed E-state index contributed by atoms with van der Waals surface area (Å²) in [5.41, 5.74) is -0.959. The molecule has 0 unspecified atom stereocenters. The molecule has 0 amide bonds. The molecular weight excluding hydrogens is 744 g/mol. The smallest absolute Gasteiger partial charge is 0.187 e. The molecule has 0 radical (unpaired) electrons. The molecule has 57 heavy (non-hydrogen) atoms. The molecule has 0 spiro atoms. The first kappa shape index (κ1) is 45.7. The summed E-state index contributed by atoms with van der Waals surface area (Å²) in [6, 6.07) is 0. The molecule has 2 aliphatic heterocycles. The maximum absolute atomic E-state index is 11.4. The third kappa shape index (κ3) is 7.49. The molecule has 6 rings (SSSR count). The van der Waals surface area contributed by atoms with Gasteiger partial charge in [-0.3, -0.25) is 0 Å². The molecule has 15 heteroatoms. The van der Waals surface area contributed by atoms with Crippen molar-refractivity contribution >= 4 is 0 Å². The number of allylic oxidation sites excluding steroid dienone is 1. The van der Waals surface area contributed by atoms with Gasteiger partial charge in [0.1, 0.15) is 61.0 Å². The van der Waals surface area contributed by atoms with Gasteiger partial charge in [-0.15, -0.1) is 0 Å². The number of aliphatic hydroxyl groups excluding tert-OH is 10. The monoisotopic (exact) mass is 816 g/mol. The van der Waals surface area contributed by atoms with E-state index in [-0.39, 0.29) is 34.0 Å². The van der Waals surface area contributed by atoms with E-state index in [1.807, 2.05) is 6.92 Å². The molecule has 330 valence electrons. The quantitative estimate of drug-likeness (QED) is 0.124. The van der Waals surface area contributed by atoms with E-state index in [1.165, 1.54) is 19.4 Å². The summed E-state index contributed by atoms with van der Waals surface area (Å²) in [5, 5.41) is 116.